The number of nitrogen functional groups attached to an aromatic ring is 7. The van der Waals surface area contributed by atoms with Crippen LogP contribution in [0.3, 0.4) is 0 Å². The predicted molar refractivity (Wildman–Crippen MR) is 548 cm³/mol. The molecular formula is C97H107N41O9. The molecule has 7 fully saturated rings. The number of aromatic nitrogens is 25. The average molecular weight is 1990 g/mol. The number of carboxylic acids is 1. The maximum absolute atomic E-state index is 13.1. The van der Waals surface area contributed by atoms with Crippen LogP contribution in [-0.4, -0.2) is 342 Å². The Morgan fingerprint density at radius 2 is 0.571 bits per heavy atom. The van der Waals surface area contributed by atoms with Crippen LogP contribution in [-0.2, 0) is 35.5 Å². The number of pyridine rings is 5. The lowest BCUT2D eigenvalue weighted by Crippen LogP contribution is -2.47. The second-order valence-electron chi connectivity index (χ2n) is 33.8. The molecule has 1 amide bonds. The monoisotopic (exact) mass is 1990 g/mol. The number of ether oxygens (including phenoxy) is 6. The van der Waals surface area contributed by atoms with Crippen molar-refractivity contribution < 1.29 is 43.1 Å². The van der Waals surface area contributed by atoms with Gasteiger partial charge < -0.3 is 113 Å². The zero-order valence-electron chi connectivity index (χ0n) is 80.6. The smallest absolute Gasteiger partial charge is 0.354 e. The molecule has 0 atom stereocenters. The van der Waals surface area contributed by atoms with Gasteiger partial charge >= 0.3 is 5.97 Å². The summed E-state index contributed by atoms with van der Waals surface area (Å²) in [5.74, 6) is 4.70. The van der Waals surface area contributed by atoms with E-state index >= 15 is 0 Å². The van der Waals surface area contributed by atoms with Gasteiger partial charge in [0.15, 0.2) is 5.69 Å². The SMILES string of the molecule is CN1CCN(C(=O)c2cc(-c3cnc(N)nc3)nc(N3CCOCC3)n2)CC1.Cn1cc(-c2cc(-c3ccc(N)nc3)nc(N3CCOCC3)n2)cn1.N#Cc1cc(-c2cnc(N)nc2)nc(N2CCOCC2)n1.Nc1ccc(-c2cc(-c3ccc(N)nc3)nc(N3CCOCC3)n2)cn1.Nc1ccc(-c2cc(-c3ccncc3)nc(N3CCOCC3)n2)cn1.Nc1ncc(-c2cc(C(=O)O)nc(N3CCOCC3)n2)cn1. The number of nitrogens with two attached hydrogens (primary N) is 7. The fraction of sp³-hybridized carbons (Fsp3) is 0.309. The number of amides is 1. The Labute approximate surface area is 843 Å². The Morgan fingerprint density at radius 1 is 0.299 bits per heavy atom. The van der Waals surface area contributed by atoms with Crippen LogP contribution in [0, 0.1) is 11.3 Å². The summed E-state index contributed by atoms with van der Waals surface area (Å²) in [5.41, 5.74) is 53.9. The minimum absolute atomic E-state index is 0.0803. The summed E-state index contributed by atoms with van der Waals surface area (Å²) in [6.45, 7) is 19.3. The average Bonchev–Trinajstić information content (AvgIpc) is 1.68. The number of nitrogens with zero attached hydrogens (tertiary/aromatic N) is 34. The second kappa shape index (κ2) is 48.8. The van der Waals surface area contributed by atoms with Crippen LogP contribution in [0.15, 0.2) is 184 Å². The van der Waals surface area contributed by atoms with Crippen LogP contribution in [0.5, 0.6) is 0 Å². The van der Waals surface area contributed by atoms with E-state index in [1.54, 1.807) is 109 Å². The molecule has 7 saturated heterocycles. The zero-order valence-corrected chi connectivity index (χ0v) is 80.6. The van der Waals surface area contributed by atoms with Crippen molar-refractivity contribution in [3.63, 3.8) is 0 Å². The van der Waals surface area contributed by atoms with Crippen LogP contribution in [0.4, 0.5) is 76.8 Å². The number of carboxylic acid groups (broad SMARTS) is 1. The summed E-state index contributed by atoms with van der Waals surface area (Å²) in [4.78, 5) is 140. The van der Waals surface area contributed by atoms with Gasteiger partial charge in [0.1, 0.15) is 40.7 Å². The molecule has 0 aromatic carbocycles. The van der Waals surface area contributed by atoms with Crippen molar-refractivity contribution in [1.29, 1.82) is 5.26 Å². The van der Waals surface area contributed by atoms with Gasteiger partial charge in [-0.25, -0.2) is 114 Å². The lowest BCUT2D eigenvalue weighted by Gasteiger charge is -2.32. The maximum Gasteiger partial charge on any atom is 0.354 e. The highest BCUT2D eigenvalue weighted by molar-refractivity contribution is 5.94. The highest BCUT2D eigenvalue weighted by Gasteiger charge is 2.29. The second-order valence-corrected chi connectivity index (χ2v) is 33.8. The molecule has 15 N–H and O–H groups in total. The fourth-order valence-electron chi connectivity index (χ4n) is 15.5. The maximum atomic E-state index is 13.1. The first-order chi connectivity index (χ1) is 71.7. The van der Waals surface area contributed by atoms with Crippen molar-refractivity contribution in [2.24, 2.45) is 7.05 Å². The van der Waals surface area contributed by atoms with Gasteiger partial charge in [-0.3, -0.25) is 14.5 Å². The van der Waals surface area contributed by atoms with Crippen LogP contribution < -0.4 is 69.5 Å². The number of piperazine rings is 1. The molecule has 22 heterocycles. The molecule has 50 heteroatoms. The van der Waals surface area contributed by atoms with Crippen LogP contribution in [0.25, 0.3) is 101 Å². The lowest BCUT2D eigenvalue weighted by molar-refractivity contribution is 0.0656. The molecule has 50 nitrogen and oxygen atoms in total. The van der Waals surface area contributed by atoms with Gasteiger partial charge in [-0.2, -0.15) is 10.4 Å². The molecule has 0 spiro atoms. The molecule has 754 valence electrons. The summed E-state index contributed by atoms with van der Waals surface area (Å²) in [6.07, 6.45) is 23.5. The minimum atomic E-state index is -1.12. The molecule has 0 aliphatic carbocycles. The number of rotatable bonds is 17. The first kappa shape index (κ1) is 101. The Balaban J connectivity index is 0.000000121. The Kier molecular flexibility index (Phi) is 33.4. The fourth-order valence-corrected chi connectivity index (χ4v) is 15.5. The number of nitriles is 1. The molecule has 147 heavy (non-hydrogen) atoms. The molecule has 22 rings (SSSR count). The highest BCUT2D eigenvalue weighted by Crippen LogP contribution is 2.33. The molecule has 0 unspecified atom stereocenters. The van der Waals surface area contributed by atoms with Gasteiger partial charge in [0.2, 0.25) is 53.5 Å². The molecule has 0 bridgehead atoms. The number of aryl methyl sites for hydroxylation is 1. The van der Waals surface area contributed by atoms with Gasteiger partial charge in [-0.05, 0) is 98.0 Å². The van der Waals surface area contributed by atoms with Gasteiger partial charge in [0, 0.05) is 248 Å². The number of carbonyl (C=O) groups is 2. The molecule has 15 aromatic rings. The van der Waals surface area contributed by atoms with Crippen molar-refractivity contribution in [3.8, 4) is 107 Å². The van der Waals surface area contributed by atoms with E-state index in [2.05, 4.69) is 123 Å². The number of anilines is 13. The Bertz CT molecular complexity index is 6870. The van der Waals surface area contributed by atoms with Crippen LogP contribution in [0.1, 0.15) is 26.7 Å². The number of carbonyl (C=O) groups excluding carboxylic acids is 1. The van der Waals surface area contributed by atoms with Crippen molar-refractivity contribution >= 4 is 88.7 Å². The van der Waals surface area contributed by atoms with Crippen LogP contribution in [0.2, 0.25) is 0 Å². The number of likely N-dealkylation sites (N-methyl/N-ethyl adjacent to an activating group) is 1. The van der Waals surface area contributed by atoms with E-state index in [1.807, 2.05) is 87.4 Å². The van der Waals surface area contributed by atoms with Crippen molar-refractivity contribution in [3.05, 3.63) is 201 Å². The summed E-state index contributed by atoms with van der Waals surface area (Å²) >= 11 is 0. The predicted octanol–water partition coefficient (Wildman–Crippen LogP) is 4.99. The molecule has 0 radical (unpaired) electrons. The summed E-state index contributed by atoms with van der Waals surface area (Å²) < 4.78 is 34.1. The lowest BCUT2D eigenvalue weighted by atomic mass is 10.1. The van der Waals surface area contributed by atoms with E-state index in [4.69, 9.17) is 104 Å². The third kappa shape index (κ3) is 27.4. The van der Waals surface area contributed by atoms with Gasteiger partial charge in [-0.1, -0.05) is 0 Å². The standard InChI is InChI=1S/C18H24N8O2.C18H19N7O.C18H18N6O.C17H19N7O.C13H13N7O.C13H14N6O3/c1-24-2-4-25(5-3-24)16(27)15-10-14(13-11-20-17(19)21-12-13)22-18(23-15)26-6-8-28-9-7-26;19-16-3-1-12(10-21-16)14-9-15(13-2-4-17(20)22-11-13)24-18(23-14)25-5-7-26-8-6-25;19-17-2-1-14(12-21-17)16-11-15(13-3-5-20-6-4-13)22-18(23-16)24-7-9-25-10-8-24;1-23-11-13(10-20-23)15-8-14(12-2-3-16(18)19-9-12)21-17(22-15)24-4-6-25-7-5-24;14-6-10-5-11(9-7-16-12(15)17-8-9)19-13(18-10)20-1-3-21-4-2-20;14-12-15-6-8(7-16-12)9-5-10(11(20)21)18-13(17-9)19-1-3-22-4-2-19/h10-12H,2-9H2,1H3,(H2,19,20,21);1-4,9-11H,5-8H2,(H2,19,21)(H2,20,22);1-6,11-12H,7-10H2,(H2,19,21);2-3,8-11H,4-7H2,1H3,(H2,18,19);5,7-8H,1-4H2,(H2,15,16,17);5-7H,1-4H2,(H,20,21)(H2,14,15,16). The van der Waals surface area contributed by atoms with E-state index in [1.165, 1.54) is 18.5 Å². The molecular weight excluding hydrogens is 1880 g/mol. The van der Waals surface area contributed by atoms with Gasteiger partial charge in [0.25, 0.3) is 5.91 Å². The molecule has 15 aromatic heterocycles. The van der Waals surface area contributed by atoms with Crippen molar-refractivity contribution in [1.82, 2.24) is 134 Å². The Hall–Kier alpha value is -17.8. The summed E-state index contributed by atoms with van der Waals surface area (Å²) in [7, 11) is 3.95. The van der Waals surface area contributed by atoms with E-state index in [9.17, 15) is 14.7 Å². The van der Waals surface area contributed by atoms with Gasteiger partial charge in [-0.15, -0.1) is 0 Å². The van der Waals surface area contributed by atoms with Gasteiger partial charge in [0.05, 0.1) is 137 Å². The first-order valence-electron chi connectivity index (χ1n) is 47.1. The van der Waals surface area contributed by atoms with E-state index in [0.29, 0.717) is 236 Å². The van der Waals surface area contributed by atoms with Crippen molar-refractivity contribution in [2.75, 3.05) is 261 Å². The molecule has 0 saturated carbocycles. The number of aromatic carboxylic acids is 1. The number of morpholine rings is 6. The van der Waals surface area contributed by atoms with E-state index < -0.39 is 5.97 Å². The zero-order chi connectivity index (χ0) is 102. The number of hydrogen-bond acceptors (Lipinski definition) is 47. The van der Waals surface area contributed by atoms with Crippen LogP contribution >= 0.6 is 0 Å². The van der Waals surface area contributed by atoms with E-state index in [-0.39, 0.29) is 29.4 Å². The number of hydrogen-bond donors (Lipinski definition) is 8. The topological polar surface area (TPSA) is 656 Å². The van der Waals surface area contributed by atoms with Crippen molar-refractivity contribution in [2.45, 2.75) is 0 Å². The molecule has 7 aliphatic rings. The third-order valence-corrected chi connectivity index (χ3v) is 23.6. The summed E-state index contributed by atoms with van der Waals surface area (Å²) in [5, 5.41) is 22.6. The quantitative estimate of drug-likeness (QED) is 0.0595. The van der Waals surface area contributed by atoms with E-state index in [0.717, 1.165) is 120 Å². The Morgan fingerprint density at radius 3 is 0.864 bits per heavy atom. The molecule has 7 aliphatic heterocycles. The highest BCUT2D eigenvalue weighted by atomic mass is 16.5. The first-order valence-corrected chi connectivity index (χ1v) is 47.1. The summed E-state index contributed by atoms with van der Waals surface area (Å²) in [6, 6.07) is 31.2. The minimum Gasteiger partial charge on any atom is -0.477 e. The normalized spacial score (nSPS) is 15.3. The largest absolute Gasteiger partial charge is 0.477 e. The third-order valence-electron chi connectivity index (χ3n) is 23.6.